The predicted octanol–water partition coefficient (Wildman–Crippen LogP) is 2.55. The summed E-state index contributed by atoms with van der Waals surface area (Å²) in [6.45, 7) is 8.12. The fourth-order valence-corrected chi connectivity index (χ4v) is 4.60. The SMILES string of the molecule is CC(C)c1cc(C(=O)N2CC3C(C2)C3(C)C2=NOC3(CC3)C2)n[nH]1. The number of hydrogen-bond acceptors (Lipinski definition) is 4. The number of aromatic amines is 1. The second-order valence-electron chi connectivity index (χ2n) is 8.56. The Hall–Kier alpha value is -1.85. The number of aromatic nitrogens is 2. The van der Waals surface area contributed by atoms with Gasteiger partial charge in [-0.3, -0.25) is 9.89 Å². The predicted molar refractivity (Wildman–Crippen MR) is 88.8 cm³/mol. The third-order valence-corrected chi connectivity index (χ3v) is 6.75. The molecule has 24 heavy (non-hydrogen) atoms. The van der Waals surface area contributed by atoms with Crippen LogP contribution in [0.1, 0.15) is 62.1 Å². The molecule has 3 fully saturated rings. The summed E-state index contributed by atoms with van der Waals surface area (Å²) in [5, 5.41) is 11.6. The molecule has 2 unspecified atom stereocenters. The first-order valence-corrected chi connectivity index (χ1v) is 9.03. The Bertz CT molecular complexity index is 734. The van der Waals surface area contributed by atoms with Crippen LogP contribution in [-0.4, -0.2) is 45.4 Å². The van der Waals surface area contributed by atoms with E-state index in [0.717, 1.165) is 38.0 Å². The first kappa shape index (κ1) is 14.5. The summed E-state index contributed by atoms with van der Waals surface area (Å²) in [5.41, 5.74) is 3.01. The van der Waals surface area contributed by atoms with Gasteiger partial charge in [0.2, 0.25) is 0 Å². The van der Waals surface area contributed by atoms with Crippen LogP contribution in [0.4, 0.5) is 0 Å². The second kappa shape index (κ2) is 4.41. The Kier molecular flexibility index (Phi) is 2.66. The highest BCUT2D eigenvalue weighted by atomic mass is 16.7. The van der Waals surface area contributed by atoms with E-state index in [4.69, 9.17) is 4.84 Å². The summed E-state index contributed by atoms with van der Waals surface area (Å²) >= 11 is 0. The highest BCUT2D eigenvalue weighted by Crippen LogP contribution is 2.66. The highest BCUT2D eigenvalue weighted by Gasteiger charge is 2.70. The Labute approximate surface area is 141 Å². The van der Waals surface area contributed by atoms with Crippen molar-refractivity contribution in [3.63, 3.8) is 0 Å². The van der Waals surface area contributed by atoms with Gasteiger partial charge in [0.25, 0.3) is 5.91 Å². The van der Waals surface area contributed by atoms with Crippen molar-refractivity contribution in [1.29, 1.82) is 0 Å². The minimum atomic E-state index is 0.0518. The van der Waals surface area contributed by atoms with Crippen molar-refractivity contribution in [3.8, 4) is 0 Å². The number of H-pyrrole nitrogens is 1. The van der Waals surface area contributed by atoms with Crippen LogP contribution in [0.25, 0.3) is 0 Å². The molecule has 3 heterocycles. The van der Waals surface area contributed by atoms with Gasteiger partial charge in [-0.25, -0.2) is 0 Å². The van der Waals surface area contributed by atoms with Crippen molar-refractivity contribution in [3.05, 3.63) is 17.5 Å². The lowest BCUT2D eigenvalue weighted by Gasteiger charge is -2.23. The third-order valence-electron chi connectivity index (χ3n) is 6.75. The quantitative estimate of drug-likeness (QED) is 0.927. The molecule has 6 heteroatoms. The number of likely N-dealkylation sites (tertiary alicyclic amines) is 1. The fraction of sp³-hybridized carbons (Fsp3) is 0.722. The lowest BCUT2D eigenvalue weighted by molar-refractivity contribution is 0.0650. The molecule has 128 valence electrons. The van der Waals surface area contributed by atoms with Gasteiger partial charge in [0.15, 0.2) is 0 Å². The molecular weight excluding hydrogens is 304 g/mol. The van der Waals surface area contributed by atoms with E-state index in [2.05, 4.69) is 36.1 Å². The van der Waals surface area contributed by atoms with E-state index in [-0.39, 0.29) is 16.9 Å². The van der Waals surface area contributed by atoms with E-state index in [1.54, 1.807) is 0 Å². The number of rotatable bonds is 3. The van der Waals surface area contributed by atoms with Gasteiger partial charge in [-0.15, -0.1) is 0 Å². The molecule has 1 aromatic rings. The number of hydrogen-bond donors (Lipinski definition) is 1. The molecule has 4 aliphatic rings. The number of piperidine rings is 1. The molecule has 1 saturated heterocycles. The van der Waals surface area contributed by atoms with Crippen molar-refractivity contribution < 1.29 is 9.63 Å². The van der Waals surface area contributed by atoms with Crippen molar-refractivity contribution >= 4 is 11.6 Å². The Morgan fingerprint density at radius 2 is 2.08 bits per heavy atom. The molecule has 5 rings (SSSR count). The summed E-state index contributed by atoms with van der Waals surface area (Å²) in [4.78, 5) is 20.3. The molecule has 0 bridgehead atoms. The second-order valence-corrected chi connectivity index (χ2v) is 8.56. The number of nitrogens with one attached hydrogen (secondary N) is 1. The van der Waals surface area contributed by atoms with Crippen LogP contribution in [-0.2, 0) is 4.84 Å². The van der Waals surface area contributed by atoms with Crippen LogP contribution in [0.2, 0.25) is 0 Å². The number of amides is 1. The van der Waals surface area contributed by atoms with Crippen LogP contribution in [0.5, 0.6) is 0 Å². The van der Waals surface area contributed by atoms with Gasteiger partial charge in [-0.05, 0) is 36.7 Å². The van der Waals surface area contributed by atoms with Gasteiger partial charge in [-0.2, -0.15) is 5.10 Å². The van der Waals surface area contributed by atoms with Gasteiger partial charge < -0.3 is 9.74 Å². The van der Waals surface area contributed by atoms with Crippen molar-refractivity contribution in [1.82, 2.24) is 15.1 Å². The smallest absolute Gasteiger partial charge is 0.274 e. The molecule has 0 aromatic carbocycles. The maximum atomic E-state index is 12.7. The Morgan fingerprint density at radius 3 is 2.62 bits per heavy atom. The van der Waals surface area contributed by atoms with Crippen LogP contribution >= 0.6 is 0 Å². The number of nitrogens with zero attached hydrogens (tertiary/aromatic N) is 3. The first-order valence-electron chi connectivity index (χ1n) is 9.03. The molecule has 2 atom stereocenters. The maximum Gasteiger partial charge on any atom is 0.274 e. The van der Waals surface area contributed by atoms with Crippen LogP contribution in [0, 0.1) is 17.3 Å². The average molecular weight is 328 g/mol. The zero-order chi connectivity index (χ0) is 16.7. The van der Waals surface area contributed by atoms with E-state index in [9.17, 15) is 4.79 Å². The summed E-state index contributed by atoms with van der Waals surface area (Å²) in [7, 11) is 0. The molecular formula is C18H24N4O2. The van der Waals surface area contributed by atoms with Crippen LogP contribution in [0.3, 0.4) is 0 Å². The monoisotopic (exact) mass is 328 g/mol. The lowest BCUT2D eigenvalue weighted by atomic mass is 9.91. The third kappa shape index (κ3) is 1.85. The van der Waals surface area contributed by atoms with Gasteiger partial charge in [0.1, 0.15) is 11.3 Å². The molecule has 2 aliphatic carbocycles. The van der Waals surface area contributed by atoms with Crippen LogP contribution < -0.4 is 0 Å². The standard InChI is InChI=1S/C18H24N4O2/c1-10(2)13-6-14(20-19-13)16(23)22-8-11-12(9-22)17(11,3)15-7-18(4-5-18)24-21-15/h6,10-12H,4-5,7-9H2,1-3H3,(H,19,20). The Morgan fingerprint density at radius 1 is 1.38 bits per heavy atom. The summed E-state index contributed by atoms with van der Waals surface area (Å²) in [5.74, 6) is 1.46. The molecule has 1 amide bonds. The van der Waals surface area contributed by atoms with E-state index in [1.165, 1.54) is 5.71 Å². The number of carbonyl (C=O) groups excluding carboxylic acids is 1. The number of oxime groups is 1. The van der Waals surface area contributed by atoms with Gasteiger partial charge in [0.05, 0.1) is 5.71 Å². The summed E-state index contributed by atoms with van der Waals surface area (Å²) < 4.78 is 0. The number of fused-ring (bicyclic) bond motifs is 1. The van der Waals surface area contributed by atoms with Crippen molar-refractivity contribution in [2.75, 3.05) is 13.1 Å². The number of carbonyl (C=O) groups is 1. The molecule has 2 saturated carbocycles. The molecule has 1 N–H and O–H groups in total. The van der Waals surface area contributed by atoms with Gasteiger partial charge >= 0.3 is 0 Å². The minimum absolute atomic E-state index is 0.0518. The largest absolute Gasteiger partial charge is 0.389 e. The fourth-order valence-electron chi connectivity index (χ4n) is 4.60. The van der Waals surface area contributed by atoms with Crippen molar-refractivity contribution in [2.45, 2.75) is 51.6 Å². The average Bonchev–Trinajstić information content (AvgIpc) is 3.17. The van der Waals surface area contributed by atoms with Gasteiger partial charge in [-0.1, -0.05) is 25.9 Å². The van der Waals surface area contributed by atoms with E-state index >= 15 is 0 Å². The lowest BCUT2D eigenvalue weighted by Crippen LogP contribution is -2.35. The van der Waals surface area contributed by atoms with Crippen molar-refractivity contribution in [2.24, 2.45) is 22.4 Å². The van der Waals surface area contributed by atoms with E-state index in [0.29, 0.717) is 23.4 Å². The summed E-state index contributed by atoms with van der Waals surface area (Å²) in [6, 6.07) is 1.89. The topological polar surface area (TPSA) is 70.6 Å². The molecule has 1 spiro atoms. The summed E-state index contributed by atoms with van der Waals surface area (Å²) in [6.07, 6.45) is 3.29. The van der Waals surface area contributed by atoms with Gasteiger partial charge in [0, 0.05) is 30.6 Å². The minimum Gasteiger partial charge on any atom is -0.389 e. The normalized spacial score (nSPS) is 35.2. The molecule has 2 aliphatic heterocycles. The Balaban J connectivity index is 1.26. The zero-order valence-corrected chi connectivity index (χ0v) is 14.5. The van der Waals surface area contributed by atoms with E-state index in [1.807, 2.05) is 11.0 Å². The highest BCUT2D eigenvalue weighted by molar-refractivity contribution is 5.97. The molecule has 1 aromatic heterocycles. The maximum absolute atomic E-state index is 12.7. The van der Waals surface area contributed by atoms with Crippen LogP contribution in [0.15, 0.2) is 11.2 Å². The first-order chi connectivity index (χ1) is 11.4. The molecule has 0 radical (unpaired) electrons. The zero-order valence-electron chi connectivity index (χ0n) is 14.5. The van der Waals surface area contributed by atoms with E-state index < -0.39 is 0 Å². The molecule has 6 nitrogen and oxygen atoms in total.